The molecule has 1 amide bonds. The van der Waals surface area contributed by atoms with Crippen molar-refractivity contribution in [1.29, 1.82) is 0 Å². The van der Waals surface area contributed by atoms with Crippen LogP contribution in [0.5, 0.6) is 5.75 Å². The number of benzene rings is 2. The van der Waals surface area contributed by atoms with Gasteiger partial charge in [-0.05, 0) is 17.7 Å². The molecule has 2 aliphatic heterocycles. The molecule has 0 bridgehead atoms. The highest BCUT2D eigenvalue weighted by Gasteiger charge is 2.62. The number of alkyl halides is 1. The van der Waals surface area contributed by atoms with E-state index in [4.69, 9.17) is 9.47 Å². The highest BCUT2D eigenvalue weighted by atomic mass is 19.1. The molecule has 2 aromatic carbocycles. The standard InChI is InChI=1S/C17H12FNO4/c18-17(10-11-6-2-1-3-7-11)15(20)23-14-12-8-4-5-9-13(12)22-16(21)19(14)17/h1-9,14H,10H2/t14-,17+/m1/s1. The molecule has 23 heavy (non-hydrogen) atoms. The van der Waals surface area contributed by atoms with Crippen LogP contribution in [0.2, 0.25) is 0 Å². The van der Waals surface area contributed by atoms with Crippen molar-refractivity contribution in [3.63, 3.8) is 0 Å². The number of fused-ring (bicyclic) bond motifs is 3. The van der Waals surface area contributed by atoms with E-state index in [1.54, 1.807) is 54.6 Å². The van der Waals surface area contributed by atoms with Crippen molar-refractivity contribution in [2.75, 3.05) is 0 Å². The van der Waals surface area contributed by atoms with Crippen molar-refractivity contribution in [3.8, 4) is 5.75 Å². The average Bonchev–Trinajstić information content (AvgIpc) is 2.81. The van der Waals surface area contributed by atoms with E-state index in [1.807, 2.05) is 0 Å². The number of amides is 1. The summed E-state index contributed by atoms with van der Waals surface area (Å²) in [6.45, 7) is 0. The number of hydrogen-bond acceptors (Lipinski definition) is 4. The first-order chi connectivity index (χ1) is 11.1. The summed E-state index contributed by atoms with van der Waals surface area (Å²) in [5.41, 5.74) is 1.03. The van der Waals surface area contributed by atoms with Gasteiger partial charge < -0.3 is 9.47 Å². The zero-order valence-corrected chi connectivity index (χ0v) is 11.9. The molecule has 0 saturated carbocycles. The third kappa shape index (κ3) is 1.98. The maximum atomic E-state index is 15.4. The predicted molar refractivity (Wildman–Crippen MR) is 77.1 cm³/mol. The van der Waals surface area contributed by atoms with Gasteiger partial charge in [0.25, 0.3) is 5.79 Å². The number of halogens is 1. The number of carbonyl (C=O) groups excluding carboxylic acids is 2. The van der Waals surface area contributed by atoms with E-state index in [9.17, 15) is 9.59 Å². The molecule has 1 fully saturated rings. The summed E-state index contributed by atoms with van der Waals surface area (Å²) in [7, 11) is 0. The van der Waals surface area contributed by atoms with Gasteiger partial charge in [-0.1, -0.05) is 42.5 Å². The summed E-state index contributed by atoms with van der Waals surface area (Å²) in [4.78, 5) is 25.1. The van der Waals surface area contributed by atoms with Crippen molar-refractivity contribution in [1.82, 2.24) is 4.90 Å². The highest BCUT2D eigenvalue weighted by molar-refractivity contribution is 5.89. The van der Waals surface area contributed by atoms with Crippen molar-refractivity contribution in [3.05, 3.63) is 65.7 Å². The Morgan fingerprint density at radius 3 is 2.52 bits per heavy atom. The molecule has 0 spiro atoms. The van der Waals surface area contributed by atoms with Gasteiger partial charge in [0.05, 0.1) is 5.56 Å². The van der Waals surface area contributed by atoms with E-state index in [-0.39, 0.29) is 12.2 Å². The van der Waals surface area contributed by atoms with Gasteiger partial charge in [0.15, 0.2) is 0 Å². The van der Waals surface area contributed by atoms with Gasteiger partial charge in [0.1, 0.15) is 5.75 Å². The lowest BCUT2D eigenvalue weighted by Gasteiger charge is -2.33. The first-order valence-corrected chi connectivity index (χ1v) is 7.13. The van der Waals surface area contributed by atoms with Gasteiger partial charge in [-0.2, -0.15) is 0 Å². The first-order valence-electron chi connectivity index (χ1n) is 7.13. The molecule has 0 unspecified atom stereocenters. The van der Waals surface area contributed by atoms with E-state index < -0.39 is 24.1 Å². The zero-order chi connectivity index (χ0) is 16.0. The molecule has 1 saturated heterocycles. The maximum absolute atomic E-state index is 15.4. The summed E-state index contributed by atoms with van der Waals surface area (Å²) in [6.07, 6.45) is -2.33. The topological polar surface area (TPSA) is 55.8 Å². The van der Waals surface area contributed by atoms with Crippen LogP contribution in [0.1, 0.15) is 17.4 Å². The van der Waals surface area contributed by atoms with Crippen molar-refractivity contribution in [2.24, 2.45) is 0 Å². The summed E-state index contributed by atoms with van der Waals surface area (Å²) < 4.78 is 25.7. The van der Waals surface area contributed by atoms with Crippen molar-refractivity contribution < 1.29 is 23.5 Å². The van der Waals surface area contributed by atoms with Crippen LogP contribution in [0.25, 0.3) is 0 Å². The predicted octanol–water partition coefficient (Wildman–Crippen LogP) is 2.96. The number of ether oxygens (including phenoxy) is 2. The normalized spacial score (nSPS) is 25.4. The van der Waals surface area contributed by atoms with E-state index in [0.29, 0.717) is 11.1 Å². The van der Waals surface area contributed by atoms with Gasteiger partial charge in [0, 0.05) is 6.42 Å². The van der Waals surface area contributed by atoms with Crippen LogP contribution in [0.3, 0.4) is 0 Å². The molecule has 2 heterocycles. The molecule has 6 heteroatoms. The molecule has 0 radical (unpaired) electrons. The molecule has 116 valence electrons. The molecule has 0 aliphatic carbocycles. The molecule has 0 N–H and O–H groups in total. The summed E-state index contributed by atoms with van der Waals surface area (Å²) in [5.74, 6) is -3.40. The van der Waals surface area contributed by atoms with E-state index >= 15 is 4.39 Å². The van der Waals surface area contributed by atoms with Crippen LogP contribution >= 0.6 is 0 Å². The number of carbonyl (C=O) groups is 2. The van der Waals surface area contributed by atoms with Crippen molar-refractivity contribution >= 4 is 12.1 Å². The summed E-state index contributed by atoms with van der Waals surface area (Å²) >= 11 is 0. The number of esters is 1. The smallest absolute Gasteiger partial charge is 0.421 e. The Bertz CT molecular complexity index is 794. The number of hydrogen-bond donors (Lipinski definition) is 0. The van der Waals surface area contributed by atoms with Gasteiger partial charge in [0.2, 0.25) is 6.23 Å². The lowest BCUT2D eigenvalue weighted by atomic mass is 10.0. The van der Waals surface area contributed by atoms with Crippen LogP contribution in [0.4, 0.5) is 9.18 Å². The van der Waals surface area contributed by atoms with Crippen molar-refractivity contribution in [2.45, 2.75) is 18.4 Å². The van der Waals surface area contributed by atoms with E-state index in [1.165, 1.54) is 0 Å². The average molecular weight is 313 g/mol. The Hall–Kier alpha value is -2.89. The lowest BCUT2D eigenvalue weighted by Crippen LogP contribution is -2.52. The Morgan fingerprint density at radius 1 is 1.04 bits per heavy atom. The van der Waals surface area contributed by atoms with Crippen LogP contribution < -0.4 is 4.74 Å². The second-order valence-electron chi connectivity index (χ2n) is 5.46. The monoisotopic (exact) mass is 313 g/mol. The molecular weight excluding hydrogens is 301 g/mol. The molecular formula is C17H12FNO4. The quantitative estimate of drug-likeness (QED) is 0.632. The highest BCUT2D eigenvalue weighted by Crippen LogP contribution is 2.46. The van der Waals surface area contributed by atoms with Gasteiger partial charge in [-0.3, -0.25) is 0 Å². The Balaban J connectivity index is 1.76. The van der Waals surface area contributed by atoms with Crippen LogP contribution in [-0.4, -0.2) is 22.8 Å². The Labute approximate surface area is 131 Å². The lowest BCUT2D eigenvalue weighted by molar-refractivity contribution is -0.150. The fraction of sp³-hybridized carbons (Fsp3) is 0.176. The number of para-hydroxylation sites is 1. The fourth-order valence-electron chi connectivity index (χ4n) is 2.92. The molecule has 2 atom stereocenters. The summed E-state index contributed by atoms with van der Waals surface area (Å²) in [6, 6.07) is 15.2. The van der Waals surface area contributed by atoms with Crippen LogP contribution in [0.15, 0.2) is 54.6 Å². The third-order valence-corrected chi connectivity index (χ3v) is 4.01. The zero-order valence-electron chi connectivity index (χ0n) is 11.9. The van der Waals surface area contributed by atoms with Crippen LogP contribution in [0, 0.1) is 0 Å². The number of nitrogens with zero attached hydrogens (tertiary/aromatic N) is 1. The molecule has 2 aromatic rings. The molecule has 2 aliphatic rings. The largest absolute Gasteiger partial charge is 0.433 e. The first kappa shape index (κ1) is 13.8. The molecule has 5 nitrogen and oxygen atoms in total. The van der Waals surface area contributed by atoms with Gasteiger partial charge >= 0.3 is 12.1 Å². The molecule has 0 aromatic heterocycles. The fourth-order valence-corrected chi connectivity index (χ4v) is 2.92. The minimum Gasteiger partial charge on any atom is -0.433 e. The van der Waals surface area contributed by atoms with E-state index in [0.717, 1.165) is 4.90 Å². The maximum Gasteiger partial charge on any atom is 0.421 e. The van der Waals surface area contributed by atoms with Gasteiger partial charge in [-0.15, -0.1) is 0 Å². The minimum absolute atomic E-state index is 0.274. The third-order valence-electron chi connectivity index (χ3n) is 4.01. The van der Waals surface area contributed by atoms with E-state index in [2.05, 4.69) is 0 Å². The SMILES string of the molecule is O=C1Oc2ccccc2[C@H]2OC(=O)[C@](F)(Cc3ccccc3)N12. The second-order valence-corrected chi connectivity index (χ2v) is 5.46. The summed E-state index contributed by atoms with van der Waals surface area (Å²) in [5, 5.41) is 0. The minimum atomic E-state index is -2.59. The molecule has 4 rings (SSSR count). The number of rotatable bonds is 2. The van der Waals surface area contributed by atoms with Gasteiger partial charge in [-0.25, -0.2) is 18.9 Å². The van der Waals surface area contributed by atoms with Crippen LogP contribution in [-0.2, 0) is 16.0 Å². The Kier molecular flexibility index (Phi) is 2.87. The second kappa shape index (κ2) is 4.81. The Morgan fingerprint density at radius 2 is 1.74 bits per heavy atom.